The van der Waals surface area contributed by atoms with Crippen LogP contribution in [0.5, 0.6) is 5.75 Å². The topological polar surface area (TPSA) is 29.5 Å². The monoisotopic (exact) mass is 275 g/mol. The van der Waals surface area contributed by atoms with Crippen molar-refractivity contribution in [2.75, 3.05) is 27.2 Å². The summed E-state index contributed by atoms with van der Waals surface area (Å²) in [5.41, 5.74) is 3.20. The number of ether oxygens (including phenoxy) is 1. The van der Waals surface area contributed by atoms with E-state index in [1.54, 1.807) is 0 Å². The van der Waals surface area contributed by atoms with Gasteiger partial charge in [-0.3, -0.25) is 4.79 Å². The Bertz CT molecular complexity index is 492. The first kappa shape index (κ1) is 15.0. The van der Waals surface area contributed by atoms with Gasteiger partial charge in [-0.05, 0) is 62.5 Å². The Morgan fingerprint density at radius 2 is 2.05 bits per heavy atom. The van der Waals surface area contributed by atoms with Gasteiger partial charge in [0.2, 0.25) is 0 Å². The van der Waals surface area contributed by atoms with E-state index < -0.39 is 0 Å². The molecule has 110 valence electrons. The molecule has 3 heteroatoms. The van der Waals surface area contributed by atoms with Crippen molar-refractivity contribution in [1.29, 1.82) is 0 Å². The number of benzene rings is 1. The molecule has 0 bridgehead atoms. The summed E-state index contributed by atoms with van der Waals surface area (Å²) in [6.45, 7) is 5.56. The minimum absolute atomic E-state index is 0.184. The van der Waals surface area contributed by atoms with Crippen LogP contribution < -0.4 is 4.74 Å². The largest absolute Gasteiger partial charge is 0.493 e. The highest BCUT2D eigenvalue weighted by Crippen LogP contribution is 2.34. The maximum Gasteiger partial charge on any atom is 0.176 e. The van der Waals surface area contributed by atoms with Gasteiger partial charge < -0.3 is 9.64 Å². The standard InChI is InChI=1S/C17H25NO2/c1-12(2)15-10-14(16(19)11-18(3)4)9-13-7-5-6-8-20-17(13)15/h9-10,12H,5-8,11H2,1-4H3. The predicted molar refractivity (Wildman–Crippen MR) is 81.8 cm³/mol. The predicted octanol–water partition coefficient (Wildman–Crippen LogP) is 3.27. The minimum atomic E-state index is 0.184. The van der Waals surface area contributed by atoms with Crippen molar-refractivity contribution in [1.82, 2.24) is 4.90 Å². The normalized spacial score (nSPS) is 14.9. The van der Waals surface area contributed by atoms with Gasteiger partial charge in [0.25, 0.3) is 0 Å². The van der Waals surface area contributed by atoms with E-state index in [-0.39, 0.29) is 5.78 Å². The Kier molecular flexibility index (Phi) is 4.81. The fourth-order valence-corrected chi connectivity index (χ4v) is 2.64. The molecule has 0 saturated heterocycles. The second-order valence-corrected chi connectivity index (χ2v) is 6.17. The number of nitrogens with zero attached hydrogens (tertiary/aromatic N) is 1. The van der Waals surface area contributed by atoms with E-state index in [0.29, 0.717) is 12.5 Å². The molecule has 1 aliphatic heterocycles. The first-order chi connectivity index (χ1) is 9.49. The van der Waals surface area contributed by atoms with E-state index in [0.717, 1.165) is 37.2 Å². The van der Waals surface area contributed by atoms with Crippen LogP contribution in [0.25, 0.3) is 0 Å². The van der Waals surface area contributed by atoms with Crippen molar-refractivity contribution < 1.29 is 9.53 Å². The lowest BCUT2D eigenvalue weighted by atomic mass is 9.93. The summed E-state index contributed by atoms with van der Waals surface area (Å²) in [6.07, 6.45) is 3.24. The molecule has 2 rings (SSSR count). The number of rotatable bonds is 4. The molecule has 1 aromatic carbocycles. The van der Waals surface area contributed by atoms with Crippen molar-refractivity contribution in [3.8, 4) is 5.75 Å². The van der Waals surface area contributed by atoms with E-state index in [2.05, 4.69) is 13.8 Å². The van der Waals surface area contributed by atoms with Gasteiger partial charge >= 0.3 is 0 Å². The van der Waals surface area contributed by atoms with Crippen molar-refractivity contribution in [2.24, 2.45) is 0 Å². The van der Waals surface area contributed by atoms with E-state index in [1.165, 1.54) is 11.1 Å². The summed E-state index contributed by atoms with van der Waals surface area (Å²) < 4.78 is 5.94. The Hall–Kier alpha value is -1.35. The fourth-order valence-electron chi connectivity index (χ4n) is 2.64. The Labute approximate surface area is 121 Å². The van der Waals surface area contributed by atoms with Crippen LogP contribution in [0.4, 0.5) is 0 Å². The zero-order chi connectivity index (χ0) is 14.7. The van der Waals surface area contributed by atoms with Gasteiger partial charge in [-0.2, -0.15) is 0 Å². The lowest BCUT2D eigenvalue weighted by Crippen LogP contribution is -2.22. The third-order valence-electron chi connectivity index (χ3n) is 3.69. The van der Waals surface area contributed by atoms with Crippen molar-refractivity contribution in [3.05, 3.63) is 28.8 Å². The fraction of sp³-hybridized carbons (Fsp3) is 0.588. The summed E-state index contributed by atoms with van der Waals surface area (Å²) in [6, 6.07) is 4.07. The van der Waals surface area contributed by atoms with Crippen LogP contribution in [0.1, 0.15) is 54.1 Å². The lowest BCUT2D eigenvalue weighted by Gasteiger charge is -2.18. The maximum atomic E-state index is 12.3. The molecule has 0 aliphatic carbocycles. The average molecular weight is 275 g/mol. The van der Waals surface area contributed by atoms with Gasteiger partial charge in [0, 0.05) is 5.56 Å². The van der Waals surface area contributed by atoms with Crippen LogP contribution in [-0.4, -0.2) is 37.9 Å². The first-order valence-electron chi connectivity index (χ1n) is 7.46. The molecule has 20 heavy (non-hydrogen) atoms. The molecule has 0 radical (unpaired) electrons. The van der Waals surface area contributed by atoms with Crippen LogP contribution in [-0.2, 0) is 6.42 Å². The highest BCUT2D eigenvalue weighted by Gasteiger charge is 2.19. The summed E-state index contributed by atoms with van der Waals surface area (Å²) in [5, 5.41) is 0. The maximum absolute atomic E-state index is 12.3. The zero-order valence-electron chi connectivity index (χ0n) is 13.0. The van der Waals surface area contributed by atoms with Crippen molar-refractivity contribution in [2.45, 2.75) is 39.0 Å². The Morgan fingerprint density at radius 3 is 2.70 bits per heavy atom. The quantitative estimate of drug-likeness (QED) is 0.790. The average Bonchev–Trinajstić information content (AvgIpc) is 2.61. The molecule has 0 fully saturated rings. The summed E-state index contributed by atoms with van der Waals surface area (Å²) in [4.78, 5) is 14.2. The minimum Gasteiger partial charge on any atom is -0.493 e. The molecule has 3 nitrogen and oxygen atoms in total. The number of Topliss-reactive ketones (excluding diaryl/α,β-unsaturated/α-hetero) is 1. The molecule has 1 aromatic rings. The molecule has 0 saturated carbocycles. The number of carbonyl (C=O) groups excluding carboxylic acids is 1. The number of hydrogen-bond donors (Lipinski definition) is 0. The van der Waals surface area contributed by atoms with Gasteiger partial charge in [0.1, 0.15) is 5.75 Å². The number of aryl methyl sites for hydroxylation is 1. The van der Waals surface area contributed by atoms with E-state index >= 15 is 0 Å². The van der Waals surface area contributed by atoms with Gasteiger partial charge in [0.05, 0.1) is 13.2 Å². The number of carbonyl (C=O) groups is 1. The van der Waals surface area contributed by atoms with E-state index in [1.807, 2.05) is 31.1 Å². The lowest BCUT2D eigenvalue weighted by molar-refractivity contribution is 0.0957. The van der Waals surface area contributed by atoms with Crippen molar-refractivity contribution >= 4 is 5.78 Å². The molecular weight excluding hydrogens is 250 g/mol. The molecule has 1 heterocycles. The van der Waals surface area contributed by atoms with Gasteiger partial charge in [0.15, 0.2) is 5.78 Å². The summed E-state index contributed by atoms with van der Waals surface area (Å²) in [5.74, 6) is 1.58. The third kappa shape index (κ3) is 3.40. The van der Waals surface area contributed by atoms with Crippen LogP contribution in [0, 0.1) is 0 Å². The van der Waals surface area contributed by atoms with Crippen LogP contribution >= 0.6 is 0 Å². The highest BCUT2D eigenvalue weighted by molar-refractivity contribution is 5.98. The smallest absolute Gasteiger partial charge is 0.176 e. The SMILES string of the molecule is CC(C)c1cc(C(=O)CN(C)C)cc2c1OCCCC2. The van der Waals surface area contributed by atoms with E-state index in [9.17, 15) is 4.79 Å². The molecule has 0 amide bonds. The summed E-state index contributed by atoms with van der Waals surface area (Å²) in [7, 11) is 3.85. The Morgan fingerprint density at radius 1 is 1.30 bits per heavy atom. The van der Waals surface area contributed by atoms with Gasteiger partial charge in [-0.15, -0.1) is 0 Å². The number of fused-ring (bicyclic) bond motifs is 1. The summed E-state index contributed by atoms with van der Waals surface area (Å²) >= 11 is 0. The van der Waals surface area contributed by atoms with Crippen LogP contribution in [0.3, 0.4) is 0 Å². The molecule has 0 aromatic heterocycles. The highest BCUT2D eigenvalue weighted by atomic mass is 16.5. The van der Waals surface area contributed by atoms with Crippen LogP contribution in [0.2, 0.25) is 0 Å². The second-order valence-electron chi connectivity index (χ2n) is 6.17. The Balaban J connectivity index is 2.42. The molecule has 0 unspecified atom stereocenters. The second kappa shape index (κ2) is 6.40. The molecule has 0 atom stereocenters. The zero-order valence-corrected chi connectivity index (χ0v) is 13.0. The van der Waals surface area contributed by atoms with Gasteiger partial charge in [-0.1, -0.05) is 13.8 Å². The number of hydrogen-bond acceptors (Lipinski definition) is 3. The molecular formula is C17H25NO2. The van der Waals surface area contributed by atoms with E-state index in [4.69, 9.17) is 4.74 Å². The molecule has 0 N–H and O–H groups in total. The molecule has 1 aliphatic rings. The third-order valence-corrected chi connectivity index (χ3v) is 3.69. The number of likely N-dealkylation sites (N-methyl/N-ethyl adjacent to an activating group) is 1. The van der Waals surface area contributed by atoms with Crippen LogP contribution in [0.15, 0.2) is 12.1 Å². The van der Waals surface area contributed by atoms with Crippen molar-refractivity contribution in [3.63, 3.8) is 0 Å². The first-order valence-corrected chi connectivity index (χ1v) is 7.46. The number of ketones is 1. The van der Waals surface area contributed by atoms with Gasteiger partial charge in [-0.25, -0.2) is 0 Å². The molecule has 0 spiro atoms.